The van der Waals surface area contributed by atoms with Crippen LogP contribution in [0.4, 0.5) is 5.69 Å². The van der Waals surface area contributed by atoms with Crippen molar-refractivity contribution in [2.75, 3.05) is 5.32 Å². The van der Waals surface area contributed by atoms with Crippen LogP contribution < -0.4 is 5.32 Å². The lowest BCUT2D eigenvalue weighted by Crippen LogP contribution is -2.13. The minimum atomic E-state index is -0.264. The van der Waals surface area contributed by atoms with Crippen LogP contribution in [-0.4, -0.2) is 15.7 Å². The Labute approximate surface area is 159 Å². The van der Waals surface area contributed by atoms with Gasteiger partial charge in [0.05, 0.1) is 17.8 Å². The summed E-state index contributed by atoms with van der Waals surface area (Å²) in [6, 6.07) is 15.5. The summed E-state index contributed by atoms with van der Waals surface area (Å²) < 4.78 is 2.60. The van der Waals surface area contributed by atoms with Crippen molar-refractivity contribution in [2.45, 2.75) is 20.4 Å². The van der Waals surface area contributed by atoms with Crippen LogP contribution in [0.3, 0.4) is 0 Å². The molecule has 0 atom stereocenters. The van der Waals surface area contributed by atoms with Gasteiger partial charge in [0.1, 0.15) is 5.15 Å². The molecule has 0 spiro atoms. The second-order valence-corrected chi connectivity index (χ2v) is 7.13. The van der Waals surface area contributed by atoms with Gasteiger partial charge in [-0.2, -0.15) is 5.10 Å². The number of rotatable bonds is 4. The number of hydrogen-bond donors (Lipinski definition) is 1. The van der Waals surface area contributed by atoms with Gasteiger partial charge in [-0.05, 0) is 43.7 Å². The summed E-state index contributed by atoms with van der Waals surface area (Å²) in [5.41, 5.74) is 3.98. The predicted molar refractivity (Wildman–Crippen MR) is 104 cm³/mol. The van der Waals surface area contributed by atoms with E-state index < -0.39 is 0 Å². The zero-order valence-electron chi connectivity index (χ0n) is 13.9. The van der Waals surface area contributed by atoms with Gasteiger partial charge < -0.3 is 5.32 Å². The van der Waals surface area contributed by atoms with Crippen molar-refractivity contribution in [3.05, 3.63) is 80.5 Å². The molecule has 128 valence electrons. The molecule has 0 radical (unpaired) electrons. The zero-order valence-corrected chi connectivity index (χ0v) is 16.2. The monoisotopic (exact) mass is 417 g/mol. The van der Waals surface area contributed by atoms with E-state index in [4.69, 9.17) is 11.6 Å². The number of hydrogen-bond acceptors (Lipinski definition) is 2. The number of aromatic nitrogens is 2. The molecule has 4 nitrogen and oxygen atoms in total. The molecule has 0 saturated carbocycles. The lowest BCUT2D eigenvalue weighted by Gasteiger charge is -2.06. The molecule has 1 amide bonds. The molecule has 0 aliphatic heterocycles. The van der Waals surface area contributed by atoms with Crippen molar-refractivity contribution in [1.29, 1.82) is 0 Å². The average molecular weight is 419 g/mol. The van der Waals surface area contributed by atoms with Crippen molar-refractivity contribution in [1.82, 2.24) is 9.78 Å². The smallest absolute Gasteiger partial charge is 0.260 e. The summed E-state index contributed by atoms with van der Waals surface area (Å²) in [7, 11) is 0. The van der Waals surface area contributed by atoms with Gasteiger partial charge in [0, 0.05) is 10.2 Å². The molecule has 0 aliphatic carbocycles. The number of nitrogens with zero attached hydrogens (tertiary/aromatic N) is 2. The molecule has 25 heavy (non-hydrogen) atoms. The highest BCUT2D eigenvalue weighted by Crippen LogP contribution is 2.23. The summed E-state index contributed by atoms with van der Waals surface area (Å²) in [6.45, 7) is 4.35. The Bertz CT molecular complexity index is 902. The van der Waals surface area contributed by atoms with Crippen LogP contribution in [0, 0.1) is 13.8 Å². The van der Waals surface area contributed by atoms with E-state index in [0.29, 0.717) is 28.6 Å². The van der Waals surface area contributed by atoms with E-state index in [1.807, 2.05) is 55.5 Å². The minimum Gasteiger partial charge on any atom is -0.322 e. The fourth-order valence-corrected chi connectivity index (χ4v) is 3.09. The second-order valence-electron chi connectivity index (χ2n) is 5.86. The third-order valence-corrected chi connectivity index (χ3v) is 4.76. The lowest BCUT2D eigenvalue weighted by atomic mass is 10.1. The first-order valence-corrected chi connectivity index (χ1v) is 8.96. The molecule has 1 aromatic heterocycles. The van der Waals surface area contributed by atoms with E-state index in [2.05, 4.69) is 26.3 Å². The largest absolute Gasteiger partial charge is 0.322 e. The Kier molecular flexibility index (Phi) is 5.25. The van der Waals surface area contributed by atoms with Crippen molar-refractivity contribution in [3.63, 3.8) is 0 Å². The molecule has 0 bridgehead atoms. The second kappa shape index (κ2) is 7.42. The van der Waals surface area contributed by atoms with Gasteiger partial charge in [-0.3, -0.25) is 4.79 Å². The Morgan fingerprint density at radius 3 is 2.40 bits per heavy atom. The SMILES string of the molecule is Cc1ccc(Cn2nc(C)c(C(=O)Nc3ccc(Br)cc3)c2Cl)cc1. The van der Waals surface area contributed by atoms with Crippen LogP contribution >= 0.6 is 27.5 Å². The first-order valence-electron chi connectivity index (χ1n) is 7.79. The molecule has 0 unspecified atom stereocenters. The third-order valence-electron chi connectivity index (χ3n) is 3.85. The van der Waals surface area contributed by atoms with Gasteiger partial charge in [-0.25, -0.2) is 4.68 Å². The topological polar surface area (TPSA) is 46.9 Å². The van der Waals surface area contributed by atoms with Gasteiger partial charge in [-0.15, -0.1) is 0 Å². The van der Waals surface area contributed by atoms with Gasteiger partial charge in [0.2, 0.25) is 0 Å². The molecule has 2 aromatic carbocycles. The first kappa shape index (κ1) is 17.7. The number of halogens is 2. The van der Waals surface area contributed by atoms with E-state index in [1.54, 1.807) is 11.6 Å². The standard InChI is InChI=1S/C19H17BrClN3O/c1-12-3-5-14(6-4-12)11-24-18(21)17(13(2)23-24)19(25)22-16-9-7-15(20)8-10-16/h3-10H,11H2,1-2H3,(H,22,25). The normalized spacial score (nSPS) is 10.7. The lowest BCUT2D eigenvalue weighted by molar-refractivity contribution is 0.102. The maximum atomic E-state index is 12.6. The van der Waals surface area contributed by atoms with Crippen LogP contribution in [0.25, 0.3) is 0 Å². The molecule has 3 rings (SSSR count). The van der Waals surface area contributed by atoms with E-state index in [9.17, 15) is 4.79 Å². The van der Waals surface area contributed by atoms with E-state index in [0.717, 1.165) is 10.0 Å². The summed E-state index contributed by atoms with van der Waals surface area (Å²) in [6.07, 6.45) is 0. The summed E-state index contributed by atoms with van der Waals surface area (Å²) in [5.74, 6) is -0.264. The number of carbonyl (C=O) groups is 1. The Morgan fingerprint density at radius 2 is 1.76 bits per heavy atom. The minimum absolute atomic E-state index is 0.264. The number of benzene rings is 2. The highest BCUT2D eigenvalue weighted by molar-refractivity contribution is 9.10. The molecule has 0 fully saturated rings. The molecule has 3 aromatic rings. The van der Waals surface area contributed by atoms with Crippen molar-refractivity contribution < 1.29 is 4.79 Å². The fraction of sp³-hybridized carbons (Fsp3) is 0.158. The number of carbonyl (C=O) groups excluding carboxylic acids is 1. The Hall–Kier alpha value is -2.11. The molecule has 1 N–H and O–H groups in total. The van der Waals surface area contributed by atoms with E-state index >= 15 is 0 Å². The maximum absolute atomic E-state index is 12.6. The third kappa shape index (κ3) is 4.11. The average Bonchev–Trinajstić information content (AvgIpc) is 2.85. The molecular weight excluding hydrogens is 402 g/mol. The molecule has 0 aliphatic rings. The summed E-state index contributed by atoms with van der Waals surface area (Å²) >= 11 is 9.80. The highest BCUT2D eigenvalue weighted by Gasteiger charge is 2.20. The maximum Gasteiger partial charge on any atom is 0.260 e. The summed E-state index contributed by atoms with van der Waals surface area (Å²) in [4.78, 5) is 12.6. The van der Waals surface area contributed by atoms with Crippen LogP contribution in [0.5, 0.6) is 0 Å². The van der Waals surface area contributed by atoms with Gasteiger partial charge in [0.25, 0.3) is 5.91 Å². The fourth-order valence-electron chi connectivity index (χ4n) is 2.51. The Morgan fingerprint density at radius 1 is 1.12 bits per heavy atom. The van der Waals surface area contributed by atoms with Crippen LogP contribution in [-0.2, 0) is 6.54 Å². The van der Waals surface area contributed by atoms with Gasteiger partial charge in [-0.1, -0.05) is 57.4 Å². The highest BCUT2D eigenvalue weighted by atomic mass is 79.9. The quantitative estimate of drug-likeness (QED) is 0.631. The van der Waals surface area contributed by atoms with Crippen molar-refractivity contribution >= 4 is 39.1 Å². The number of amides is 1. The van der Waals surface area contributed by atoms with Gasteiger partial charge in [0.15, 0.2) is 0 Å². The van der Waals surface area contributed by atoms with E-state index in [-0.39, 0.29) is 5.91 Å². The van der Waals surface area contributed by atoms with Crippen LogP contribution in [0.2, 0.25) is 5.15 Å². The molecule has 6 heteroatoms. The number of anilines is 1. The first-order chi connectivity index (χ1) is 11.9. The zero-order chi connectivity index (χ0) is 18.0. The molecule has 1 heterocycles. The van der Waals surface area contributed by atoms with Crippen molar-refractivity contribution in [2.24, 2.45) is 0 Å². The number of aryl methyl sites for hydroxylation is 2. The van der Waals surface area contributed by atoms with Gasteiger partial charge >= 0.3 is 0 Å². The Balaban J connectivity index is 1.82. The molecule has 0 saturated heterocycles. The summed E-state index contributed by atoms with van der Waals surface area (Å²) in [5, 5.41) is 7.62. The van der Waals surface area contributed by atoms with Crippen LogP contribution in [0.15, 0.2) is 53.0 Å². The predicted octanol–water partition coefficient (Wildman–Crippen LogP) is 5.22. The van der Waals surface area contributed by atoms with E-state index in [1.165, 1.54) is 5.56 Å². The number of nitrogens with one attached hydrogen (secondary N) is 1. The molecular formula is C19H17BrClN3O. The van der Waals surface area contributed by atoms with Crippen LogP contribution in [0.1, 0.15) is 27.2 Å². The van der Waals surface area contributed by atoms with Crippen molar-refractivity contribution in [3.8, 4) is 0 Å².